The number of hydrogen-bond acceptors (Lipinski definition) is 3. The van der Waals surface area contributed by atoms with Crippen LogP contribution in [-0.4, -0.2) is 17.8 Å². The summed E-state index contributed by atoms with van der Waals surface area (Å²) >= 11 is 0. The van der Waals surface area contributed by atoms with E-state index in [2.05, 4.69) is 10.3 Å². The highest BCUT2D eigenvalue weighted by molar-refractivity contribution is 5.73. The molecule has 0 amide bonds. The van der Waals surface area contributed by atoms with Crippen LogP contribution in [0.1, 0.15) is 28.5 Å². The molecule has 0 aromatic carbocycles. The topological polar surface area (TPSA) is 42.0 Å². The molecule has 0 radical (unpaired) electrons. The van der Waals surface area contributed by atoms with Gasteiger partial charge in [-0.2, -0.15) is 0 Å². The Kier molecular flexibility index (Phi) is 1.87. The van der Waals surface area contributed by atoms with Crippen molar-refractivity contribution in [1.82, 2.24) is 10.3 Å². The van der Waals surface area contributed by atoms with Crippen LogP contribution in [-0.2, 0) is 0 Å². The number of carbonyl (C=O) groups excluding carboxylic acids is 1. The Morgan fingerprint density at radius 2 is 2.42 bits per heavy atom. The van der Waals surface area contributed by atoms with E-state index in [-0.39, 0.29) is 0 Å². The van der Waals surface area contributed by atoms with Crippen molar-refractivity contribution in [3.63, 3.8) is 0 Å². The minimum atomic E-state index is 0.408. The number of aromatic nitrogens is 1. The van der Waals surface area contributed by atoms with Crippen molar-refractivity contribution in [2.45, 2.75) is 12.5 Å². The molecule has 1 N–H and O–H groups in total. The standard InChI is InChI=1S/C9H10N2O/c12-6-7-1-2-8(11-5-7)9-3-4-10-9/h1-2,5-6,9-10H,3-4H2. The van der Waals surface area contributed by atoms with Gasteiger partial charge in [-0.25, -0.2) is 0 Å². The summed E-state index contributed by atoms with van der Waals surface area (Å²) < 4.78 is 0. The van der Waals surface area contributed by atoms with Crippen LogP contribution >= 0.6 is 0 Å². The molecule has 0 aliphatic carbocycles. The number of aldehydes is 1. The van der Waals surface area contributed by atoms with Crippen LogP contribution in [0.3, 0.4) is 0 Å². The molecule has 1 aromatic rings. The highest BCUT2D eigenvalue weighted by Gasteiger charge is 2.18. The summed E-state index contributed by atoms with van der Waals surface area (Å²) in [6.07, 6.45) is 3.57. The first kappa shape index (κ1) is 7.43. The number of pyridine rings is 1. The number of carbonyl (C=O) groups is 1. The van der Waals surface area contributed by atoms with Crippen molar-refractivity contribution in [2.24, 2.45) is 0 Å². The Hall–Kier alpha value is -1.22. The molecule has 1 atom stereocenters. The van der Waals surface area contributed by atoms with E-state index in [9.17, 15) is 4.79 Å². The fourth-order valence-corrected chi connectivity index (χ4v) is 1.23. The number of rotatable bonds is 2. The van der Waals surface area contributed by atoms with Crippen molar-refractivity contribution in [3.05, 3.63) is 29.6 Å². The average molecular weight is 162 g/mol. The first-order valence-electron chi connectivity index (χ1n) is 4.04. The van der Waals surface area contributed by atoms with Crippen LogP contribution in [0.2, 0.25) is 0 Å². The van der Waals surface area contributed by atoms with Crippen LogP contribution in [0.25, 0.3) is 0 Å². The molecule has 2 heterocycles. The average Bonchev–Trinajstić information content (AvgIpc) is 2.03. The monoisotopic (exact) mass is 162 g/mol. The Balaban J connectivity index is 2.18. The molecule has 12 heavy (non-hydrogen) atoms. The fraction of sp³-hybridized carbons (Fsp3) is 0.333. The molecule has 1 saturated heterocycles. The Morgan fingerprint density at radius 3 is 2.83 bits per heavy atom. The van der Waals surface area contributed by atoms with Crippen LogP contribution in [0.15, 0.2) is 18.3 Å². The van der Waals surface area contributed by atoms with E-state index in [0.717, 1.165) is 24.9 Å². The molecule has 3 heteroatoms. The second kappa shape index (κ2) is 3.03. The molecule has 0 saturated carbocycles. The lowest BCUT2D eigenvalue weighted by molar-refractivity contribution is 0.112. The molecular formula is C9H10N2O. The van der Waals surface area contributed by atoms with Gasteiger partial charge in [0.25, 0.3) is 0 Å². The normalized spacial score (nSPS) is 21.5. The smallest absolute Gasteiger partial charge is 0.151 e. The van der Waals surface area contributed by atoms with Gasteiger partial charge in [-0.1, -0.05) is 0 Å². The summed E-state index contributed by atoms with van der Waals surface area (Å²) in [6, 6.07) is 4.11. The van der Waals surface area contributed by atoms with E-state index in [1.807, 2.05) is 6.07 Å². The predicted octanol–water partition coefficient (Wildman–Crippen LogP) is 0.929. The largest absolute Gasteiger partial charge is 0.309 e. The molecule has 1 unspecified atom stereocenters. The molecule has 1 aliphatic rings. The van der Waals surface area contributed by atoms with Gasteiger partial charge in [0.15, 0.2) is 6.29 Å². The minimum absolute atomic E-state index is 0.408. The van der Waals surface area contributed by atoms with Crippen LogP contribution in [0.4, 0.5) is 0 Å². The zero-order chi connectivity index (χ0) is 8.39. The van der Waals surface area contributed by atoms with Crippen molar-refractivity contribution in [2.75, 3.05) is 6.54 Å². The van der Waals surface area contributed by atoms with Gasteiger partial charge >= 0.3 is 0 Å². The fourth-order valence-electron chi connectivity index (χ4n) is 1.23. The molecule has 1 aliphatic heterocycles. The quantitative estimate of drug-likeness (QED) is 0.658. The van der Waals surface area contributed by atoms with Gasteiger partial charge in [-0.05, 0) is 25.1 Å². The first-order valence-corrected chi connectivity index (χ1v) is 4.04. The van der Waals surface area contributed by atoms with Gasteiger partial charge in [-0.3, -0.25) is 9.78 Å². The van der Waals surface area contributed by atoms with Crippen LogP contribution in [0.5, 0.6) is 0 Å². The lowest BCUT2D eigenvalue weighted by Crippen LogP contribution is -2.35. The SMILES string of the molecule is O=Cc1ccc(C2CCN2)nc1. The highest BCUT2D eigenvalue weighted by atomic mass is 16.1. The molecule has 0 bridgehead atoms. The summed E-state index contributed by atoms with van der Waals surface area (Å²) in [4.78, 5) is 14.5. The van der Waals surface area contributed by atoms with Crippen molar-refractivity contribution in [3.8, 4) is 0 Å². The van der Waals surface area contributed by atoms with E-state index in [1.54, 1.807) is 12.3 Å². The molecule has 1 aromatic heterocycles. The van der Waals surface area contributed by atoms with Gasteiger partial charge in [-0.15, -0.1) is 0 Å². The lowest BCUT2D eigenvalue weighted by Gasteiger charge is -2.26. The zero-order valence-corrected chi connectivity index (χ0v) is 6.66. The molecule has 3 nitrogen and oxygen atoms in total. The summed E-state index contributed by atoms with van der Waals surface area (Å²) in [6.45, 7) is 1.07. The molecule has 0 spiro atoms. The van der Waals surface area contributed by atoms with Crippen LogP contribution < -0.4 is 5.32 Å². The molecule has 1 fully saturated rings. The van der Waals surface area contributed by atoms with Crippen molar-refractivity contribution < 1.29 is 4.79 Å². The second-order valence-electron chi connectivity index (χ2n) is 2.93. The van der Waals surface area contributed by atoms with Gasteiger partial charge in [0, 0.05) is 11.8 Å². The maximum absolute atomic E-state index is 10.3. The van der Waals surface area contributed by atoms with E-state index in [4.69, 9.17) is 0 Å². The molecule has 2 rings (SSSR count). The zero-order valence-electron chi connectivity index (χ0n) is 6.66. The second-order valence-corrected chi connectivity index (χ2v) is 2.93. The number of hydrogen-bond donors (Lipinski definition) is 1. The number of nitrogens with zero attached hydrogens (tertiary/aromatic N) is 1. The maximum atomic E-state index is 10.3. The van der Waals surface area contributed by atoms with Crippen molar-refractivity contribution >= 4 is 6.29 Å². The Morgan fingerprint density at radius 1 is 1.58 bits per heavy atom. The Bertz CT molecular complexity index is 277. The Labute approximate surface area is 70.8 Å². The molecule has 62 valence electrons. The molecular weight excluding hydrogens is 152 g/mol. The summed E-state index contributed by atoms with van der Waals surface area (Å²) in [5.41, 5.74) is 1.67. The first-order chi connectivity index (χ1) is 5.90. The summed E-state index contributed by atoms with van der Waals surface area (Å²) in [5.74, 6) is 0. The van der Waals surface area contributed by atoms with Gasteiger partial charge in [0.1, 0.15) is 0 Å². The van der Waals surface area contributed by atoms with Crippen LogP contribution in [0, 0.1) is 0 Å². The third-order valence-electron chi connectivity index (χ3n) is 2.13. The third-order valence-corrected chi connectivity index (χ3v) is 2.13. The highest BCUT2D eigenvalue weighted by Crippen LogP contribution is 2.20. The van der Waals surface area contributed by atoms with E-state index < -0.39 is 0 Å². The maximum Gasteiger partial charge on any atom is 0.151 e. The third kappa shape index (κ3) is 1.23. The lowest BCUT2D eigenvalue weighted by atomic mass is 10.0. The summed E-state index contributed by atoms with van der Waals surface area (Å²) in [7, 11) is 0. The van der Waals surface area contributed by atoms with E-state index in [0.29, 0.717) is 11.6 Å². The summed E-state index contributed by atoms with van der Waals surface area (Å²) in [5, 5.41) is 3.25. The number of nitrogens with one attached hydrogen (secondary N) is 1. The minimum Gasteiger partial charge on any atom is -0.309 e. The van der Waals surface area contributed by atoms with Crippen molar-refractivity contribution in [1.29, 1.82) is 0 Å². The van der Waals surface area contributed by atoms with Gasteiger partial charge in [0.2, 0.25) is 0 Å². The van der Waals surface area contributed by atoms with Gasteiger partial charge in [0.05, 0.1) is 11.7 Å². The van der Waals surface area contributed by atoms with E-state index in [1.165, 1.54) is 0 Å². The predicted molar refractivity (Wildman–Crippen MR) is 45.0 cm³/mol. The van der Waals surface area contributed by atoms with E-state index >= 15 is 0 Å². The van der Waals surface area contributed by atoms with Gasteiger partial charge < -0.3 is 5.32 Å².